The van der Waals surface area contributed by atoms with E-state index in [0.717, 1.165) is 39.0 Å². The van der Waals surface area contributed by atoms with E-state index in [-0.39, 0.29) is 12.3 Å². The highest BCUT2D eigenvalue weighted by atomic mass is 32.1. The lowest BCUT2D eigenvalue weighted by atomic mass is 10.2. The van der Waals surface area contributed by atoms with Crippen LogP contribution in [0, 0.1) is 6.92 Å². The molecule has 0 aliphatic rings. The standard InChI is InChI=1S/C25H24N2O3S/c1-3-29-23-9-5-4-8-22(23)25-26-19(17-31-25)15-24(28)27(16-21-7-6-14-30-21)20-12-10-18(2)11-13-20/h4-14,17H,3,15-16H2,1-2H3. The van der Waals surface area contributed by atoms with Crippen LogP contribution in [-0.2, 0) is 17.8 Å². The second-order valence-corrected chi connectivity index (χ2v) is 8.00. The Hall–Kier alpha value is -3.38. The Morgan fingerprint density at radius 1 is 1.10 bits per heavy atom. The highest BCUT2D eigenvalue weighted by molar-refractivity contribution is 7.13. The molecule has 0 aliphatic heterocycles. The molecule has 2 heterocycles. The molecule has 158 valence electrons. The molecule has 0 radical (unpaired) electrons. The highest BCUT2D eigenvalue weighted by Gasteiger charge is 2.20. The molecular formula is C25H24N2O3S. The van der Waals surface area contributed by atoms with Crippen LogP contribution in [0.25, 0.3) is 10.6 Å². The highest BCUT2D eigenvalue weighted by Crippen LogP contribution is 2.32. The third-order valence-corrected chi connectivity index (χ3v) is 5.77. The van der Waals surface area contributed by atoms with Crippen molar-refractivity contribution in [1.29, 1.82) is 0 Å². The van der Waals surface area contributed by atoms with Crippen molar-refractivity contribution in [3.8, 4) is 16.3 Å². The first-order valence-corrected chi connectivity index (χ1v) is 11.1. The lowest BCUT2D eigenvalue weighted by molar-refractivity contribution is -0.118. The monoisotopic (exact) mass is 432 g/mol. The minimum Gasteiger partial charge on any atom is -0.493 e. The number of rotatable bonds is 8. The fourth-order valence-corrected chi connectivity index (χ4v) is 4.14. The van der Waals surface area contributed by atoms with Gasteiger partial charge in [0.05, 0.1) is 37.1 Å². The number of hydrogen-bond acceptors (Lipinski definition) is 5. The minimum absolute atomic E-state index is 0.0322. The van der Waals surface area contributed by atoms with E-state index in [4.69, 9.17) is 14.1 Å². The van der Waals surface area contributed by atoms with Gasteiger partial charge in [-0.25, -0.2) is 4.98 Å². The molecule has 2 aromatic carbocycles. The Morgan fingerprint density at radius 2 is 1.90 bits per heavy atom. The zero-order valence-corrected chi connectivity index (χ0v) is 18.4. The van der Waals surface area contributed by atoms with Gasteiger partial charge >= 0.3 is 0 Å². The molecule has 0 saturated carbocycles. The normalized spacial score (nSPS) is 10.8. The number of carbonyl (C=O) groups excluding carboxylic acids is 1. The third-order valence-electron chi connectivity index (χ3n) is 4.84. The largest absolute Gasteiger partial charge is 0.493 e. The quantitative estimate of drug-likeness (QED) is 0.349. The van der Waals surface area contributed by atoms with Crippen LogP contribution in [0.3, 0.4) is 0 Å². The van der Waals surface area contributed by atoms with Gasteiger partial charge in [0.1, 0.15) is 16.5 Å². The summed E-state index contributed by atoms with van der Waals surface area (Å²) in [6.45, 7) is 4.95. The number of nitrogens with zero attached hydrogens (tertiary/aromatic N) is 2. The van der Waals surface area contributed by atoms with E-state index >= 15 is 0 Å². The summed E-state index contributed by atoms with van der Waals surface area (Å²) in [6.07, 6.45) is 1.83. The number of aromatic nitrogens is 1. The molecule has 0 fully saturated rings. The molecule has 2 aromatic heterocycles. The molecule has 0 spiro atoms. The van der Waals surface area contributed by atoms with Gasteiger partial charge in [-0.2, -0.15) is 0 Å². The van der Waals surface area contributed by atoms with Gasteiger partial charge in [0.2, 0.25) is 5.91 Å². The van der Waals surface area contributed by atoms with Crippen molar-refractivity contribution >= 4 is 22.9 Å². The fraction of sp³-hybridized carbons (Fsp3) is 0.200. The summed E-state index contributed by atoms with van der Waals surface area (Å²) in [5.41, 5.74) is 3.67. The molecule has 0 bridgehead atoms. The second-order valence-electron chi connectivity index (χ2n) is 7.14. The van der Waals surface area contributed by atoms with E-state index in [1.54, 1.807) is 11.2 Å². The van der Waals surface area contributed by atoms with Crippen molar-refractivity contribution in [2.75, 3.05) is 11.5 Å². The summed E-state index contributed by atoms with van der Waals surface area (Å²) >= 11 is 1.52. The predicted octanol–water partition coefficient (Wildman–Crippen LogP) is 5.89. The third kappa shape index (κ3) is 5.03. The number of aryl methyl sites for hydroxylation is 1. The zero-order valence-electron chi connectivity index (χ0n) is 17.6. The molecule has 0 atom stereocenters. The Labute approximate surface area is 185 Å². The SMILES string of the molecule is CCOc1ccccc1-c1nc(CC(=O)N(Cc2ccco2)c2ccc(C)cc2)cs1. The van der Waals surface area contributed by atoms with Crippen molar-refractivity contribution < 1.29 is 13.9 Å². The Kier molecular flexibility index (Phi) is 6.48. The van der Waals surface area contributed by atoms with Crippen LogP contribution < -0.4 is 9.64 Å². The molecular weight excluding hydrogens is 408 g/mol. The first kappa shape index (κ1) is 20.9. The van der Waals surface area contributed by atoms with Gasteiger partial charge in [0.25, 0.3) is 0 Å². The lowest BCUT2D eigenvalue weighted by Crippen LogP contribution is -2.31. The van der Waals surface area contributed by atoms with Gasteiger partial charge in [-0.15, -0.1) is 11.3 Å². The summed E-state index contributed by atoms with van der Waals surface area (Å²) in [7, 11) is 0. The number of para-hydroxylation sites is 1. The van der Waals surface area contributed by atoms with Gasteiger partial charge in [0.15, 0.2) is 0 Å². The van der Waals surface area contributed by atoms with Crippen LogP contribution in [0.2, 0.25) is 0 Å². The topological polar surface area (TPSA) is 55.6 Å². The van der Waals surface area contributed by atoms with Crippen molar-refractivity contribution in [3.05, 3.63) is 89.3 Å². The Balaban J connectivity index is 1.56. The molecule has 6 heteroatoms. The smallest absolute Gasteiger partial charge is 0.233 e. The Bertz CT molecular complexity index is 1130. The van der Waals surface area contributed by atoms with E-state index < -0.39 is 0 Å². The van der Waals surface area contributed by atoms with E-state index in [1.807, 2.05) is 79.9 Å². The number of anilines is 1. The molecule has 0 saturated heterocycles. The molecule has 0 N–H and O–H groups in total. The van der Waals surface area contributed by atoms with Crippen molar-refractivity contribution in [3.63, 3.8) is 0 Å². The molecule has 31 heavy (non-hydrogen) atoms. The lowest BCUT2D eigenvalue weighted by Gasteiger charge is -2.22. The first-order chi connectivity index (χ1) is 15.1. The van der Waals surface area contributed by atoms with Gasteiger partial charge in [-0.05, 0) is 50.2 Å². The molecule has 1 amide bonds. The van der Waals surface area contributed by atoms with Crippen LogP contribution in [0.15, 0.2) is 76.7 Å². The van der Waals surface area contributed by atoms with E-state index in [2.05, 4.69) is 0 Å². The number of amides is 1. The summed E-state index contributed by atoms with van der Waals surface area (Å²) in [5.74, 6) is 1.50. The maximum atomic E-state index is 13.3. The van der Waals surface area contributed by atoms with Crippen molar-refractivity contribution in [2.45, 2.75) is 26.8 Å². The van der Waals surface area contributed by atoms with Crippen molar-refractivity contribution in [1.82, 2.24) is 4.98 Å². The predicted molar refractivity (Wildman–Crippen MR) is 124 cm³/mol. The first-order valence-electron chi connectivity index (χ1n) is 10.2. The number of benzene rings is 2. The van der Waals surface area contributed by atoms with Crippen LogP contribution in [0.4, 0.5) is 5.69 Å². The summed E-state index contributed by atoms with van der Waals surface area (Å²) < 4.78 is 11.2. The summed E-state index contributed by atoms with van der Waals surface area (Å²) in [5, 5.41) is 2.79. The Morgan fingerprint density at radius 3 is 2.65 bits per heavy atom. The number of furan rings is 1. The van der Waals surface area contributed by atoms with Crippen LogP contribution in [0.5, 0.6) is 5.75 Å². The number of hydrogen-bond donors (Lipinski definition) is 0. The molecule has 0 aliphatic carbocycles. The maximum Gasteiger partial charge on any atom is 0.233 e. The molecule has 0 unspecified atom stereocenters. The van der Waals surface area contributed by atoms with Crippen molar-refractivity contribution in [2.24, 2.45) is 0 Å². The zero-order chi connectivity index (χ0) is 21.6. The molecule has 5 nitrogen and oxygen atoms in total. The minimum atomic E-state index is -0.0322. The molecule has 4 rings (SSSR count). The molecule has 4 aromatic rings. The average molecular weight is 433 g/mol. The van der Waals surface area contributed by atoms with Gasteiger partial charge < -0.3 is 14.1 Å². The summed E-state index contributed by atoms with van der Waals surface area (Å²) in [6, 6.07) is 19.5. The van der Waals surface area contributed by atoms with Gasteiger partial charge in [-0.3, -0.25) is 4.79 Å². The van der Waals surface area contributed by atoms with E-state index in [9.17, 15) is 4.79 Å². The maximum absolute atomic E-state index is 13.3. The number of ether oxygens (including phenoxy) is 1. The van der Waals surface area contributed by atoms with Crippen LogP contribution in [0.1, 0.15) is 23.9 Å². The average Bonchev–Trinajstić information content (AvgIpc) is 3.46. The van der Waals surface area contributed by atoms with Gasteiger partial charge in [-0.1, -0.05) is 29.8 Å². The van der Waals surface area contributed by atoms with Crippen LogP contribution >= 0.6 is 11.3 Å². The number of thiazole rings is 1. The number of carbonyl (C=O) groups is 1. The fourth-order valence-electron chi connectivity index (χ4n) is 3.29. The second kappa shape index (κ2) is 9.62. The van der Waals surface area contributed by atoms with E-state index in [1.165, 1.54) is 11.3 Å². The van der Waals surface area contributed by atoms with Gasteiger partial charge in [0, 0.05) is 11.1 Å². The van der Waals surface area contributed by atoms with Crippen LogP contribution in [-0.4, -0.2) is 17.5 Å². The summed E-state index contributed by atoms with van der Waals surface area (Å²) in [4.78, 5) is 19.7. The van der Waals surface area contributed by atoms with E-state index in [0.29, 0.717) is 13.2 Å².